The molecule has 0 unspecified atom stereocenters. The Morgan fingerprint density at radius 1 is 0.977 bits per heavy atom. The Morgan fingerprint density at radius 3 is 2.30 bits per heavy atom. The number of amides is 3. The van der Waals surface area contributed by atoms with Gasteiger partial charge in [0.15, 0.2) is 0 Å². The van der Waals surface area contributed by atoms with Gasteiger partial charge in [-0.1, -0.05) is 30.3 Å². The van der Waals surface area contributed by atoms with Crippen LogP contribution in [-0.2, 0) is 32.2 Å². The second-order valence-corrected chi connectivity index (χ2v) is 10.3. The Bertz CT molecular complexity index is 1470. The van der Waals surface area contributed by atoms with Gasteiger partial charge in [0.25, 0.3) is 5.91 Å². The standard InChI is InChI=1S/C30H35N5O8/c1-30(2,3)43-29(40)31-15-17-34(19-26(37)42-20-21-8-6-5-7-9-21)25(36)18-35-16-14-24(33-28(35)39)32-27(38)22-10-12-23(41-4)13-11-22/h5-14,16H,15,17-20H2,1-4H3,(H,31,40)(H,32,33,38,39). The summed E-state index contributed by atoms with van der Waals surface area (Å²) >= 11 is 0. The van der Waals surface area contributed by atoms with Crippen molar-refractivity contribution in [1.29, 1.82) is 0 Å². The molecular formula is C30H35N5O8. The highest BCUT2D eigenvalue weighted by molar-refractivity contribution is 6.03. The number of alkyl carbamates (subject to hydrolysis) is 1. The van der Waals surface area contributed by atoms with Gasteiger partial charge in [0.05, 0.1) is 7.11 Å². The molecule has 228 valence electrons. The van der Waals surface area contributed by atoms with Gasteiger partial charge in [-0.3, -0.25) is 19.0 Å². The van der Waals surface area contributed by atoms with Crippen molar-refractivity contribution < 1.29 is 33.4 Å². The van der Waals surface area contributed by atoms with Crippen molar-refractivity contribution in [3.8, 4) is 5.75 Å². The molecule has 0 aliphatic heterocycles. The van der Waals surface area contributed by atoms with Gasteiger partial charge in [-0.15, -0.1) is 0 Å². The number of benzene rings is 2. The number of anilines is 1. The SMILES string of the molecule is COc1ccc(C(=O)Nc2ccn(CC(=O)N(CCNC(=O)OC(C)(C)C)CC(=O)OCc3ccccc3)c(=O)n2)cc1. The van der Waals surface area contributed by atoms with Gasteiger partial charge in [0.1, 0.15) is 36.9 Å². The first-order valence-electron chi connectivity index (χ1n) is 13.4. The zero-order valence-corrected chi connectivity index (χ0v) is 24.5. The number of aromatic nitrogens is 2. The van der Waals surface area contributed by atoms with E-state index in [1.165, 1.54) is 19.4 Å². The number of nitrogens with one attached hydrogen (secondary N) is 2. The van der Waals surface area contributed by atoms with E-state index in [1.54, 1.807) is 57.2 Å². The monoisotopic (exact) mass is 593 g/mol. The third-order valence-electron chi connectivity index (χ3n) is 5.74. The van der Waals surface area contributed by atoms with Crippen molar-refractivity contribution in [2.24, 2.45) is 0 Å². The van der Waals surface area contributed by atoms with E-state index < -0.39 is 48.3 Å². The molecule has 0 aliphatic carbocycles. The topological polar surface area (TPSA) is 158 Å². The van der Waals surface area contributed by atoms with Crippen LogP contribution < -0.4 is 21.1 Å². The molecule has 0 aliphatic rings. The predicted octanol–water partition coefficient (Wildman–Crippen LogP) is 2.60. The fraction of sp³-hybridized carbons (Fsp3) is 0.333. The van der Waals surface area contributed by atoms with Gasteiger partial charge in [-0.25, -0.2) is 9.59 Å². The maximum Gasteiger partial charge on any atom is 0.407 e. The van der Waals surface area contributed by atoms with Crippen molar-refractivity contribution in [1.82, 2.24) is 19.8 Å². The van der Waals surface area contributed by atoms with E-state index in [4.69, 9.17) is 14.2 Å². The van der Waals surface area contributed by atoms with E-state index >= 15 is 0 Å². The summed E-state index contributed by atoms with van der Waals surface area (Å²) in [6.07, 6.45) is 0.626. The van der Waals surface area contributed by atoms with Crippen LogP contribution in [0.2, 0.25) is 0 Å². The lowest BCUT2D eigenvalue weighted by molar-refractivity contribution is -0.150. The molecule has 0 spiro atoms. The molecule has 13 nitrogen and oxygen atoms in total. The number of hydrogen-bond donors (Lipinski definition) is 2. The highest BCUT2D eigenvalue weighted by atomic mass is 16.6. The van der Waals surface area contributed by atoms with Gasteiger partial charge >= 0.3 is 17.8 Å². The Morgan fingerprint density at radius 2 is 1.67 bits per heavy atom. The molecule has 1 heterocycles. The number of nitrogens with zero attached hydrogens (tertiary/aromatic N) is 3. The van der Waals surface area contributed by atoms with E-state index in [-0.39, 0.29) is 25.5 Å². The first kappa shape index (κ1) is 32.3. The summed E-state index contributed by atoms with van der Waals surface area (Å²) in [5.41, 5.74) is -0.400. The number of carbonyl (C=O) groups is 4. The molecule has 3 rings (SSSR count). The molecule has 0 bridgehead atoms. The number of hydrogen-bond acceptors (Lipinski definition) is 9. The number of ether oxygens (including phenoxy) is 3. The largest absolute Gasteiger partial charge is 0.497 e. The molecule has 0 atom stereocenters. The molecule has 3 aromatic rings. The van der Waals surface area contributed by atoms with Gasteiger partial charge in [0.2, 0.25) is 5.91 Å². The Labute approximate surface area is 248 Å². The van der Waals surface area contributed by atoms with E-state index in [0.29, 0.717) is 11.3 Å². The first-order chi connectivity index (χ1) is 20.4. The van der Waals surface area contributed by atoms with Crippen LogP contribution in [0.15, 0.2) is 71.7 Å². The second-order valence-electron chi connectivity index (χ2n) is 10.3. The maximum atomic E-state index is 13.2. The number of rotatable bonds is 12. The lowest BCUT2D eigenvalue weighted by atomic mass is 10.2. The van der Waals surface area contributed by atoms with Crippen LogP contribution in [0.25, 0.3) is 0 Å². The van der Waals surface area contributed by atoms with Gasteiger partial charge < -0.3 is 29.7 Å². The van der Waals surface area contributed by atoms with Crippen LogP contribution in [0.3, 0.4) is 0 Å². The molecule has 0 radical (unpaired) electrons. The number of methoxy groups -OCH3 is 1. The summed E-state index contributed by atoms with van der Waals surface area (Å²) in [4.78, 5) is 68.0. The number of carbonyl (C=O) groups excluding carboxylic acids is 4. The number of esters is 1. The van der Waals surface area contributed by atoms with Crippen LogP contribution in [0.1, 0.15) is 36.7 Å². The van der Waals surface area contributed by atoms with Crippen molar-refractivity contribution in [3.63, 3.8) is 0 Å². The van der Waals surface area contributed by atoms with Crippen molar-refractivity contribution in [3.05, 3.63) is 88.5 Å². The average molecular weight is 594 g/mol. The zero-order valence-electron chi connectivity index (χ0n) is 24.5. The summed E-state index contributed by atoms with van der Waals surface area (Å²) in [6.45, 7) is 4.22. The maximum absolute atomic E-state index is 13.2. The van der Waals surface area contributed by atoms with E-state index in [2.05, 4.69) is 15.6 Å². The van der Waals surface area contributed by atoms with E-state index in [9.17, 15) is 24.0 Å². The molecule has 2 aromatic carbocycles. The first-order valence-corrected chi connectivity index (χ1v) is 13.4. The van der Waals surface area contributed by atoms with E-state index in [0.717, 1.165) is 15.0 Å². The third kappa shape index (κ3) is 10.9. The minimum absolute atomic E-state index is 0.00239. The van der Waals surface area contributed by atoms with E-state index in [1.807, 2.05) is 18.2 Å². The molecule has 0 saturated heterocycles. The van der Waals surface area contributed by atoms with Crippen molar-refractivity contribution >= 4 is 29.7 Å². The zero-order chi connectivity index (χ0) is 31.4. The molecule has 43 heavy (non-hydrogen) atoms. The fourth-order valence-electron chi connectivity index (χ4n) is 3.63. The summed E-state index contributed by atoms with van der Waals surface area (Å²) in [5, 5.41) is 5.08. The Hall–Kier alpha value is -5.20. The molecule has 0 saturated carbocycles. The van der Waals surface area contributed by atoms with Crippen LogP contribution in [0.4, 0.5) is 10.6 Å². The molecule has 0 fully saturated rings. The van der Waals surface area contributed by atoms with Crippen molar-refractivity contribution in [2.75, 3.05) is 32.1 Å². The highest BCUT2D eigenvalue weighted by Crippen LogP contribution is 2.12. The quantitative estimate of drug-likeness (QED) is 0.301. The second kappa shape index (κ2) is 15.1. The minimum Gasteiger partial charge on any atom is -0.497 e. The normalized spacial score (nSPS) is 10.8. The van der Waals surface area contributed by atoms with Crippen LogP contribution in [-0.4, -0.2) is 70.7 Å². The fourth-order valence-corrected chi connectivity index (χ4v) is 3.63. The Kier molecular flexibility index (Phi) is 11.4. The molecule has 13 heteroatoms. The van der Waals surface area contributed by atoms with Crippen LogP contribution in [0, 0.1) is 0 Å². The summed E-state index contributed by atoms with van der Waals surface area (Å²) in [7, 11) is 1.51. The average Bonchev–Trinajstić information content (AvgIpc) is 2.96. The van der Waals surface area contributed by atoms with Crippen LogP contribution >= 0.6 is 0 Å². The third-order valence-corrected chi connectivity index (χ3v) is 5.74. The molecule has 1 aromatic heterocycles. The summed E-state index contributed by atoms with van der Waals surface area (Å²) in [6, 6.07) is 16.8. The van der Waals surface area contributed by atoms with Gasteiger partial charge in [-0.05, 0) is 56.7 Å². The van der Waals surface area contributed by atoms with Crippen molar-refractivity contribution in [2.45, 2.75) is 39.5 Å². The summed E-state index contributed by atoms with van der Waals surface area (Å²) < 4.78 is 16.6. The van der Waals surface area contributed by atoms with Crippen LogP contribution in [0.5, 0.6) is 5.75 Å². The van der Waals surface area contributed by atoms with Gasteiger partial charge in [0, 0.05) is 24.8 Å². The predicted molar refractivity (Wildman–Crippen MR) is 156 cm³/mol. The van der Waals surface area contributed by atoms with Gasteiger partial charge in [-0.2, -0.15) is 4.98 Å². The molecule has 2 N–H and O–H groups in total. The smallest absolute Gasteiger partial charge is 0.407 e. The minimum atomic E-state index is -0.792. The lowest BCUT2D eigenvalue weighted by Crippen LogP contribution is -2.44. The Balaban J connectivity index is 1.64. The highest BCUT2D eigenvalue weighted by Gasteiger charge is 2.21. The summed E-state index contributed by atoms with van der Waals surface area (Å²) in [5.74, 6) is -1.17. The molecule has 3 amide bonds. The molecular weight excluding hydrogens is 558 g/mol. The lowest BCUT2D eigenvalue weighted by Gasteiger charge is -2.23.